The number of carbonyl (C=O) groups is 2. The molecule has 0 bridgehead atoms. The fraction of sp³-hybridized carbons (Fsp3) is 0.353. The van der Waals surface area contributed by atoms with E-state index in [2.05, 4.69) is 10.3 Å². The van der Waals surface area contributed by atoms with Gasteiger partial charge in [0.25, 0.3) is 0 Å². The minimum Gasteiger partial charge on any atom is -0.478 e. The smallest absolute Gasteiger partial charge is 0.335 e. The van der Waals surface area contributed by atoms with Gasteiger partial charge < -0.3 is 19.9 Å². The van der Waals surface area contributed by atoms with Crippen LogP contribution in [0.1, 0.15) is 28.8 Å². The molecule has 1 aromatic carbocycles. The normalized spacial score (nSPS) is 17.0. The van der Waals surface area contributed by atoms with Gasteiger partial charge in [0, 0.05) is 32.0 Å². The minimum absolute atomic E-state index is 0.0834. The van der Waals surface area contributed by atoms with Crippen LogP contribution in [0.25, 0.3) is 0 Å². The number of nitrogens with zero attached hydrogens (tertiary/aromatic N) is 3. The third-order valence-corrected chi connectivity index (χ3v) is 4.26. The van der Waals surface area contributed by atoms with Gasteiger partial charge in [0.2, 0.25) is 0 Å². The molecule has 24 heavy (non-hydrogen) atoms. The van der Waals surface area contributed by atoms with Crippen LogP contribution in [-0.4, -0.2) is 44.1 Å². The Labute approximate surface area is 139 Å². The van der Waals surface area contributed by atoms with Crippen molar-refractivity contribution in [3.8, 4) is 0 Å². The van der Waals surface area contributed by atoms with Gasteiger partial charge in [-0.3, -0.25) is 0 Å². The SMILES string of the molecule is O=C(O)c1ccc(CNC(=O)N2CCCC2Cn2ccnc2)cc1. The highest BCUT2D eigenvalue weighted by Gasteiger charge is 2.28. The van der Waals surface area contributed by atoms with E-state index in [1.165, 1.54) is 0 Å². The molecule has 1 atom stereocenters. The number of rotatable bonds is 5. The number of carboxylic acid groups (broad SMARTS) is 1. The van der Waals surface area contributed by atoms with E-state index in [9.17, 15) is 9.59 Å². The van der Waals surface area contributed by atoms with E-state index in [0.717, 1.165) is 31.5 Å². The van der Waals surface area contributed by atoms with Crippen molar-refractivity contribution in [1.82, 2.24) is 19.8 Å². The van der Waals surface area contributed by atoms with E-state index in [4.69, 9.17) is 5.11 Å². The Balaban J connectivity index is 1.54. The van der Waals surface area contributed by atoms with Gasteiger partial charge in [0.15, 0.2) is 0 Å². The van der Waals surface area contributed by atoms with Gasteiger partial charge in [-0.05, 0) is 30.5 Å². The second-order valence-corrected chi connectivity index (χ2v) is 5.91. The van der Waals surface area contributed by atoms with Gasteiger partial charge in [-0.25, -0.2) is 14.6 Å². The number of imidazole rings is 1. The van der Waals surface area contributed by atoms with Gasteiger partial charge in [-0.2, -0.15) is 0 Å². The number of hydrogen-bond donors (Lipinski definition) is 2. The Bertz CT molecular complexity index is 697. The van der Waals surface area contributed by atoms with Crippen LogP contribution in [0.2, 0.25) is 0 Å². The van der Waals surface area contributed by atoms with E-state index < -0.39 is 5.97 Å². The van der Waals surface area contributed by atoms with E-state index in [1.54, 1.807) is 36.8 Å². The molecule has 1 unspecified atom stereocenters. The molecule has 1 fully saturated rings. The largest absolute Gasteiger partial charge is 0.478 e. The highest BCUT2D eigenvalue weighted by Crippen LogP contribution is 2.19. The van der Waals surface area contributed by atoms with Crippen molar-refractivity contribution in [3.63, 3.8) is 0 Å². The van der Waals surface area contributed by atoms with Crippen LogP contribution in [0.15, 0.2) is 43.0 Å². The summed E-state index contributed by atoms with van der Waals surface area (Å²) in [4.78, 5) is 29.2. The maximum Gasteiger partial charge on any atom is 0.335 e. The molecule has 1 aromatic heterocycles. The fourth-order valence-electron chi connectivity index (χ4n) is 2.98. The summed E-state index contributed by atoms with van der Waals surface area (Å²) >= 11 is 0. The lowest BCUT2D eigenvalue weighted by Gasteiger charge is -2.25. The first-order chi connectivity index (χ1) is 11.6. The Kier molecular flexibility index (Phi) is 4.79. The summed E-state index contributed by atoms with van der Waals surface area (Å²) in [5.41, 5.74) is 1.11. The maximum absolute atomic E-state index is 12.4. The summed E-state index contributed by atoms with van der Waals surface area (Å²) < 4.78 is 1.99. The molecule has 0 radical (unpaired) electrons. The van der Waals surface area contributed by atoms with Crippen LogP contribution in [0.4, 0.5) is 4.79 Å². The Morgan fingerprint density at radius 3 is 2.75 bits per heavy atom. The van der Waals surface area contributed by atoms with Crippen LogP contribution in [0.5, 0.6) is 0 Å². The van der Waals surface area contributed by atoms with Crippen molar-refractivity contribution < 1.29 is 14.7 Å². The van der Waals surface area contributed by atoms with Crippen LogP contribution in [-0.2, 0) is 13.1 Å². The van der Waals surface area contributed by atoms with Crippen molar-refractivity contribution in [2.24, 2.45) is 0 Å². The first-order valence-electron chi connectivity index (χ1n) is 7.96. The third-order valence-electron chi connectivity index (χ3n) is 4.26. The van der Waals surface area contributed by atoms with E-state index in [0.29, 0.717) is 6.54 Å². The van der Waals surface area contributed by atoms with Gasteiger partial charge in [-0.1, -0.05) is 12.1 Å². The summed E-state index contributed by atoms with van der Waals surface area (Å²) in [6.07, 6.45) is 7.38. The zero-order chi connectivity index (χ0) is 16.9. The zero-order valence-corrected chi connectivity index (χ0v) is 13.3. The van der Waals surface area contributed by atoms with Crippen molar-refractivity contribution in [3.05, 3.63) is 54.1 Å². The molecule has 0 spiro atoms. The summed E-state index contributed by atoms with van der Waals surface area (Å²) in [6.45, 7) is 1.89. The molecule has 2 amide bonds. The number of carbonyl (C=O) groups excluding carboxylic acids is 1. The van der Waals surface area contributed by atoms with Crippen LogP contribution in [0, 0.1) is 0 Å². The first-order valence-corrected chi connectivity index (χ1v) is 7.96. The number of amides is 2. The van der Waals surface area contributed by atoms with Crippen molar-refractivity contribution in [1.29, 1.82) is 0 Å². The molecule has 1 aliphatic heterocycles. The highest BCUT2D eigenvalue weighted by atomic mass is 16.4. The molecule has 2 aromatic rings. The molecule has 7 nitrogen and oxygen atoms in total. The number of carboxylic acids is 1. The second-order valence-electron chi connectivity index (χ2n) is 5.91. The Hall–Kier alpha value is -2.83. The predicted molar refractivity (Wildman–Crippen MR) is 87.6 cm³/mol. The van der Waals surface area contributed by atoms with Crippen molar-refractivity contribution in [2.45, 2.75) is 32.0 Å². The van der Waals surface area contributed by atoms with Crippen LogP contribution >= 0.6 is 0 Å². The number of benzene rings is 1. The summed E-state index contributed by atoms with van der Waals surface area (Å²) in [5.74, 6) is -0.954. The monoisotopic (exact) mass is 328 g/mol. The lowest BCUT2D eigenvalue weighted by Crippen LogP contribution is -2.44. The number of nitrogens with one attached hydrogen (secondary N) is 1. The summed E-state index contributed by atoms with van der Waals surface area (Å²) in [6, 6.07) is 6.62. The molecular formula is C17H20N4O3. The Morgan fingerprint density at radius 1 is 1.29 bits per heavy atom. The van der Waals surface area contributed by atoms with Crippen molar-refractivity contribution in [2.75, 3.05) is 6.54 Å². The van der Waals surface area contributed by atoms with Gasteiger partial charge in [0.05, 0.1) is 17.9 Å². The van der Waals surface area contributed by atoms with E-state index >= 15 is 0 Å². The average Bonchev–Trinajstić information content (AvgIpc) is 3.25. The summed E-state index contributed by atoms with van der Waals surface area (Å²) in [7, 11) is 0. The molecular weight excluding hydrogens is 308 g/mol. The van der Waals surface area contributed by atoms with E-state index in [1.807, 2.05) is 15.7 Å². The summed E-state index contributed by atoms with van der Waals surface area (Å²) in [5, 5.41) is 11.8. The molecule has 0 saturated carbocycles. The molecule has 1 saturated heterocycles. The fourth-order valence-corrected chi connectivity index (χ4v) is 2.98. The van der Waals surface area contributed by atoms with Gasteiger partial charge >= 0.3 is 12.0 Å². The van der Waals surface area contributed by atoms with Crippen LogP contribution < -0.4 is 5.32 Å². The zero-order valence-electron chi connectivity index (χ0n) is 13.3. The third kappa shape index (κ3) is 3.73. The number of urea groups is 1. The molecule has 126 valence electrons. The molecule has 0 aliphatic carbocycles. The minimum atomic E-state index is -0.954. The van der Waals surface area contributed by atoms with E-state index in [-0.39, 0.29) is 17.6 Å². The number of aromatic carboxylic acids is 1. The molecule has 2 heterocycles. The van der Waals surface area contributed by atoms with Crippen LogP contribution in [0.3, 0.4) is 0 Å². The lowest BCUT2D eigenvalue weighted by molar-refractivity contribution is 0.0697. The van der Waals surface area contributed by atoms with Gasteiger partial charge in [0.1, 0.15) is 0 Å². The number of aromatic nitrogens is 2. The molecule has 1 aliphatic rings. The van der Waals surface area contributed by atoms with Gasteiger partial charge in [-0.15, -0.1) is 0 Å². The first kappa shape index (κ1) is 16.0. The number of likely N-dealkylation sites (tertiary alicyclic amines) is 1. The highest BCUT2D eigenvalue weighted by molar-refractivity contribution is 5.87. The molecule has 3 rings (SSSR count). The molecule has 2 N–H and O–H groups in total. The van der Waals surface area contributed by atoms with Crippen molar-refractivity contribution >= 4 is 12.0 Å². The standard InChI is InChI=1S/C17H20N4O3/c22-16(23)14-5-3-13(4-6-14)10-19-17(24)21-8-1-2-15(21)11-20-9-7-18-12-20/h3-7,9,12,15H,1-2,8,10-11H2,(H,19,24)(H,22,23). The second kappa shape index (κ2) is 7.16. The quantitative estimate of drug-likeness (QED) is 0.878. The number of hydrogen-bond acceptors (Lipinski definition) is 3. The maximum atomic E-state index is 12.4. The Morgan fingerprint density at radius 2 is 2.08 bits per heavy atom. The lowest BCUT2D eigenvalue weighted by atomic mass is 10.1. The predicted octanol–water partition coefficient (Wildman–Crippen LogP) is 1.96. The molecule has 7 heteroatoms. The topological polar surface area (TPSA) is 87.5 Å². The average molecular weight is 328 g/mol.